The number of hydrogen-bond donors (Lipinski definition) is 0. The van der Waals surface area contributed by atoms with Gasteiger partial charge in [0.2, 0.25) is 5.75 Å². The summed E-state index contributed by atoms with van der Waals surface area (Å²) in [6, 6.07) is 10.4. The van der Waals surface area contributed by atoms with E-state index in [1.165, 1.54) is 35.2 Å². The Hall–Kier alpha value is -3.39. The van der Waals surface area contributed by atoms with E-state index in [1.54, 1.807) is 20.0 Å². The third-order valence-electron chi connectivity index (χ3n) is 4.82. The predicted molar refractivity (Wildman–Crippen MR) is 117 cm³/mol. The molecule has 3 rings (SSSR count). The van der Waals surface area contributed by atoms with Crippen LogP contribution in [0.5, 0.6) is 17.2 Å². The highest BCUT2D eigenvalue weighted by atomic mass is 35.5. The lowest BCUT2D eigenvalue weighted by molar-refractivity contribution is -0.386. The molecule has 1 unspecified atom stereocenters. The molecule has 2 aromatic carbocycles. The zero-order chi connectivity index (χ0) is 24.0. The first-order valence-electron chi connectivity index (χ1n) is 10.1. The summed E-state index contributed by atoms with van der Waals surface area (Å²) in [6.45, 7) is 2.86. The molecule has 0 bridgehead atoms. The lowest BCUT2D eigenvalue weighted by Gasteiger charge is -2.25. The fourth-order valence-electron chi connectivity index (χ4n) is 3.14. The summed E-state index contributed by atoms with van der Waals surface area (Å²) in [5, 5.41) is 21.2. The van der Waals surface area contributed by atoms with Crippen molar-refractivity contribution in [1.29, 1.82) is 5.26 Å². The minimum Gasteiger partial charge on any atom is -0.473 e. The lowest BCUT2D eigenvalue weighted by atomic mass is 10.2. The third kappa shape index (κ3) is 6.10. The first kappa shape index (κ1) is 24.3. The number of carbonyl (C=O) groups excluding carboxylic acids is 1. The molecule has 1 saturated heterocycles. The maximum absolute atomic E-state index is 12.9. The molecule has 0 aromatic heterocycles. The fourth-order valence-corrected chi connectivity index (χ4v) is 3.31. The molecule has 0 spiro atoms. The van der Waals surface area contributed by atoms with Gasteiger partial charge in [0.05, 0.1) is 30.2 Å². The lowest BCUT2D eigenvalue weighted by Crippen LogP contribution is -2.43. The number of likely N-dealkylation sites (N-methyl/N-ethyl adjacent to an activating group) is 1. The summed E-state index contributed by atoms with van der Waals surface area (Å²) in [6.07, 6.45) is -1.22. The summed E-state index contributed by atoms with van der Waals surface area (Å²) >= 11 is 5.91. The number of nitriles is 1. The molecule has 0 saturated carbocycles. The van der Waals surface area contributed by atoms with E-state index in [0.717, 1.165) is 0 Å². The minimum absolute atomic E-state index is 0.132. The van der Waals surface area contributed by atoms with Crippen LogP contribution in [-0.2, 0) is 14.3 Å². The normalized spacial score (nSPS) is 14.4. The highest BCUT2D eigenvalue weighted by Gasteiger charge is 2.29. The summed E-state index contributed by atoms with van der Waals surface area (Å²) in [4.78, 5) is 25.2. The van der Waals surface area contributed by atoms with Gasteiger partial charge in [-0.15, -0.1) is 0 Å². The first-order valence-corrected chi connectivity index (χ1v) is 10.5. The van der Waals surface area contributed by atoms with Crippen molar-refractivity contribution < 1.29 is 28.7 Å². The molecule has 1 fully saturated rings. The maximum atomic E-state index is 12.9. The largest absolute Gasteiger partial charge is 0.473 e. The van der Waals surface area contributed by atoms with Crippen LogP contribution in [0.15, 0.2) is 36.4 Å². The Morgan fingerprint density at radius 1 is 1.30 bits per heavy atom. The Morgan fingerprint density at radius 2 is 2.03 bits per heavy atom. The van der Waals surface area contributed by atoms with Crippen molar-refractivity contribution in [1.82, 2.24) is 4.90 Å². The van der Waals surface area contributed by atoms with Crippen molar-refractivity contribution >= 4 is 23.2 Å². The molecule has 1 heterocycles. The Kier molecular flexibility index (Phi) is 8.06. The number of ether oxygens (including phenoxy) is 4. The molecule has 1 amide bonds. The van der Waals surface area contributed by atoms with Gasteiger partial charge in [0.25, 0.3) is 5.91 Å². The van der Waals surface area contributed by atoms with Gasteiger partial charge in [0, 0.05) is 24.2 Å². The van der Waals surface area contributed by atoms with Crippen molar-refractivity contribution in [2.75, 3.05) is 26.8 Å². The van der Waals surface area contributed by atoms with Gasteiger partial charge in [-0.3, -0.25) is 14.9 Å². The summed E-state index contributed by atoms with van der Waals surface area (Å²) in [5.74, 6) is -0.0902. The van der Waals surface area contributed by atoms with E-state index in [1.807, 2.05) is 6.07 Å². The van der Waals surface area contributed by atoms with Crippen LogP contribution in [0.25, 0.3) is 0 Å². The van der Waals surface area contributed by atoms with E-state index in [4.69, 9.17) is 30.5 Å². The highest BCUT2D eigenvalue weighted by molar-refractivity contribution is 6.30. The average Bonchev–Trinajstić information content (AvgIpc) is 3.31. The number of nitrogens with zero attached hydrogens (tertiary/aromatic N) is 3. The van der Waals surface area contributed by atoms with Crippen LogP contribution in [0.2, 0.25) is 5.02 Å². The number of nitro benzene ring substituents is 1. The Labute approximate surface area is 195 Å². The average molecular weight is 476 g/mol. The van der Waals surface area contributed by atoms with Crippen LogP contribution in [0.1, 0.15) is 18.9 Å². The second-order valence-electron chi connectivity index (χ2n) is 7.15. The van der Waals surface area contributed by atoms with Crippen molar-refractivity contribution in [2.24, 2.45) is 0 Å². The fraction of sp³-hybridized carbons (Fsp3) is 0.364. The predicted octanol–water partition coefficient (Wildman–Crippen LogP) is 3.90. The van der Waals surface area contributed by atoms with Crippen LogP contribution in [0.4, 0.5) is 5.69 Å². The van der Waals surface area contributed by atoms with E-state index in [0.29, 0.717) is 18.2 Å². The SMILES string of the molecule is CCC(Oc1cc(Oc2ccc(Cl)cc2C#N)ccc1[N+](=O)[O-])C(=O)N(C)CC1OCCO1. The van der Waals surface area contributed by atoms with E-state index < -0.39 is 17.3 Å². The van der Waals surface area contributed by atoms with Crippen LogP contribution in [0, 0.1) is 21.4 Å². The zero-order valence-electron chi connectivity index (χ0n) is 18.0. The summed E-state index contributed by atoms with van der Waals surface area (Å²) in [5.41, 5.74) is -0.127. The van der Waals surface area contributed by atoms with Crippen LogP contribution >= 0.6 is 11.6 Å². The number of amides is 1. The van der Waals surface area contributed by atoms with E-state index >= 15 is 0 Å². The minimum atomic E-state index is -0.976. The van der Waals surface area contributed by atoms with Gasteiger partial charge in [-0.1, -0.05) is 18.5 Å². The molecule has 0 N–H and O–H groups in total. The first-order chi connectivity index (χ1) is 15.8. The number of carbonyl (C=O) groups is 1. The van der Waals surface area contributed by atoms with Crippen LogP contribution in [0.3, 0.4) is 0 Å². The molecular formula is C22H22ClN3O7. The van der Waals surface area contributed by atoms with Gasteiger partial charge in [-0.05, 0) is 30.7 Å². The monoisotopic (exact) mass is 475 g/mol. The molecule has 11 heteroatoms. The van der Waals surface area contributed by atoms with Crippen LogP contribution < -0.4 is 9.47 Å². The number of hydrogen-bond acceptors (Lipinski definition) is 8. The van der Waals surface area contributed by atoms with E-state index in [9.17, 15) is 20.2 Å². The van der Waals surface area contributed by atoms with Crippen molar-refractivity contribution in [2.45, 2.75) is 25.7 Å². The Bertz CT molecular complexity index is 1070. The Balaban J connectivity index is 1.82. The maximum Gasteiger partial charge on any atom is 0.311 e. The van der Waals surface area contributed by atoms with Crippen LogP contribution in [-0.4, -0.2) is 54.9 Å². The number of rotatable bonds is 9. The van der Waals surface area contributed by atoms with Gasteiger partial charge >= 0.3 is 5.69 Å². The van der Waals surface area contributed by atoms with Crippen molar-refractivity contribution in [3.05, 3.63) is 57.1 Å². The summed E-state index contributed by atoms with van der Waals surface area (Å²) in [7, 11) is 1.58. The van der Waals surface area contributed by atoms with Gasteiger partial charge < -0.3 is 23.8 Å². The molecule has 0 radical (unpaired) electrons. The molecule has 1 aliphatic rings. The molecule has 0 aliphatic carbocycles. The molecule has 174 valence electrons. The van der Waals surface area contributed by atoms with E-state index in [-0.39, 0.29) is 47.4 Å². The van der Waals surface area contributed by atoms with Gasteiger partial charge in [-0.25, -0.2) is 0 Å². The van der Waals surface area contributed by atoms with Gasteiger partial charge in [0.1, 0.15) is 17.6 Å². The van der Waals surface area contributed by atoms with E-state index in [2.05, 4.69) is 0 Å². The molecule has 2 aromatic rings. The quantitative estimate of drug-likeness (QED) is 0.395. The molecular weight excluding hydrogens is 454 g/mol. The topological polar surface area (TPSA) is 124 Å². The highest BCUT2D eigenvalue weighted by Crippen LogP contribution is 2.35. The molecule has 10 nitrogen and oxygen atoms in total. The molecule has 1 atom stereocenters. The number of benzene rings is 2. The number of halogens is 1. The standard InChI is InChI=1S/C22H22ClN3O7/c1-3-18(22(27)25(2)13-21-30-8-9-31-21)33-20-11-16(5-6-17(20)26(28)29)32-19-7-4-15(23)10-14(19)12-24/h4-7,10-11,18,21H,3,8-9,13H2,1-2H3. The molecule has 1 aliphatic heterocycles. The van der Waals surface area contributed by atoms with Crippen molar-refractivity contribution in [3.8, 4) is 23.3 Å². The number of nitro groups is 1. The zero-order valence-corrected chi connectivity index (χ0v) is 18.8. The second-order valence-corrected chi connectivity index (χ2v) is 7.58. The smallest absolute Gasteiger partial charge is 0.311 e. The van der Waals surface area contributed by atoms with Crippen molar-refractivity contribution in [3.63, 3.8) is 0 Å². The van der Waals surface area contributed by atoms with Gasteiger partial charge in [0.15, 0.2) is 12.4 Å². The Morgan fingerprint density at radius 3 is 2.67 bits per heavy atom. The second kappa shape index (κ2) is 11.0. The summed E-state index contributed by atoms with van der Waals surface area (Å²) < 4.78 is 22.2. The van der Waals surface area contributed by atoms with Gasteiger partial charge in [-0.2, -0.15) is 5.26 Å². The molecule has 33 heavy (non-hydrogen) atoms. The third-order valence-corrected chi connectivity index (χ3v) is 5.06.